The number of benzene rings is 2. The van der Waals surface area contributed by atoms with Gasteiger partial charge in [-0.25, -0.2) is 0 Å². The van der Waals surface area contributed by atoms with Gasteiger partial charge in [-0.15, -0.1) is 0 Å². The first-order valence-electron chi connectivity index (χ1n) is 7.47. The Morgan fingerprint density at radius 3 is 2.88 bits per heavy atom. The molecule has 0 unspecified atom stereocenters. The van der Waals surface area contributed by atoms with E-state index >= 15 is 0 Å². The average molecular weight is 325 g/mol. The summed E-state index contributed by atoms with van der Waals surface area (Å²) in [5.41, 5.74) is 2.79. The first-order valence-corrected chi connectivity index (χ1v) is 7.47. The standard InChI is InChI=1S/C17H15N3O4/c21-16(7-4-11-2-1-3-14(8-11)20(23)24)19-13-6-5-12-10-18-17(22)15(12)9-13/h1-3,5-6,8-9H,4,7,10H2,(H,18,22)(H,19,21). The zero-order valence-electron chi connectivity index (χ0n) is 12.7. The SMILES string of the molecule is O=C(CCc1cccc([N+](=O)[O-])c1)Nc1ccc2c(c1)C(=O)NC2. The van der Waals surface area contributed by atoms with Crippen LogP contribution in [-0.4, -0.2) is 16.7 Å². The van der Waals surface area contributed by atoms with Gasteiger partial charge < -0.3 is 10.6 Å². The molecule has 2 N–H and O–H groups in total. The number of anilines is 1. The number of carbonyl (C=O) groups excluding carboxylic acids is 2. The molecule has 0 radical (unpaired) electrons. The van der Waals surface area contributed by atoms with Gasteiger partial charge in [-0.3, -0.25) is 19.7 Å². The second-order valence-electron chi connectivity index (χ2n) is 5.53. The molecular weight excluding hydrogens is 310 g/mol. The topological polar surface area (TPSA) is 101 Å². The molecule has 7 heteroatoms. The molecule has 0 saturated carbocycles. The number of nitrogens with zero attached hydrogens (tertiary/aromatic N) is 1. The summed E-state index contributed by atoms with van der Waals surface area (Å²) in [6.07, 6.45) is 0.601. The summed E-state index contributed by atoms with van der Waals surface area (Å²) in [7, 11) is 0. The zero-order chi connectivity index (χ0) is 17.1. The van der Waals surface area contributed by atoms with Gasteiger partial charge in [0.25, 0.3) is 11.6 Å². The predicted octanol–water partition coefficient (Wildman–Crippen LogP) is 2.41. The van der Waals surface area contributed by atoms with E-state index in [9.17, 15) is 19.7 Å². The minimum absolute atomic E-state index is 0.0116. The highest BCUT2D eigenvalue weighted by Gasteiger charge is 2.19. The van der Waals surface area contributed by atoms with Crippen LogP contribution in [0.5, 0.6) is 0 Å². The predicted molar refractivity (Wildman–Crippen MR) is 87.7 cm³/mol. The first-order chi connectivity index (χ1) is 11.5. The van der Waals surface area contributed by atoms with Gasteiger partial charge in [0.15, 0.2) is 0 Å². The molecule has 122 valence electrons. The first kappa shape index (κ1) is 15.7. The van der Waals surface area contributed by atoms with Gasteiger partial charge in [0.1, 0.15) is 0 Å². The molecule has 3 rings (SSSR count). The Labute approximate surface area is 137 Å². The summed E-state index contributed by atoms with van der Waals surface area (Å²) >= 11 is 0. The largest absolute Gasteiger partial charge is 0.348 e. The van der Waals surface area contributed by atoms with Crippen molar-refractivity contribution in [1.29, 1.82) is 0 Å². The van der Waals surface area contributed by atoms with Crippen LogP contribution in [0.4, 0.5) is 11.4 Å². The third-order valence-corrected chi connectivity index (χ3v) is 3.84. The summed E-state index contributed by atoms with van der Waals surface area (Å²) in [6.45, 7) is 0.509. The van der Waals surface area contributed by atoms with Gasteiger partial charge in [-0.2, -0.15) is 0 Å². The van der Waals surface area contributed by atoms with Crippen molar-refractivity contribution in [2.24, 2.45) is 0 Å². The fourth-order valence-corrected chi connectivity index (χ4v) is 2.60. The van der Waals surface area contributed by atoms with Crippen LogP contribution in [-0.2, 0) is 17.8 Å². The summed E-state index contributed by atoms with van der Waals surface area (Å²) in [5, 5.41) is 16.2. The van der Waals surface area contributed by atoms with Crippen LogP contribution in [0.1, 0.15) is 27.9 Å². The van der Waals surface area contributed by atoms with Crippen molar-refractivity contribution in [3.05, 3.63) is 69.3 Å². The highest BCUT2D eigenvalue weighted by molar-refractivity contribution is 6.00. The lowest BCUT2D eigenvalue weighted by molar-refractivity contribution is -0.384. The molecule has 1 aliphatic heterocycles. The molecule has 0 saturated heterocycles. The minimum Gasteiger partial charge on any atom is -0.348 e. The van der Waals surface area contributed by atoms with Crippen LogP contribution in [0.15, 0.2) is 42.5 Å². The summed E-state index contributed by atoms with van der Waals surface area (Å²) in [5.74, 6) is -0.349. The number of rotatable bonds is 5. The van der Waals surface area contributed by atoms with E-state index in [-0.39, 0.29) is 23.9 Å². The summed E-state index contributed by atoms with van der Waals surface area (Å²) in [4.78, 5) is 33.9. The van der Waals surface area contributed by atoms with E-state index < -0.39 is 4.92 Å². The number of non-ortho nitro benzene ring substituents is 1. The second-order valence-corrected chi connectivity index (χ2v) is 5.53. The van der Waals surface area contributed by atoms with Crippen molar-refractivity contribution in [3.63, 3.8) is 0 Å². The van der Waals surface area contributed by atoms with Crippen LogP contribution in [0.25, 0.3) is 0 Å². The van der Waals surface area contributed by atoms with Gasteiger partial charge in [0.2, 0.25) is 5.91 Å². The van der Waals surface area contributed by atoms with Crippen molar-refractivity contribution in [3.8, 4) is 0 Å². The Kier molecular flexibility index (Phi) is 4.24. The number of amides is 2. The number of fused-ring (bicyclic) bond motifs is 1. The van der Waals surface area contributed by atoms with Gasteiger partial charge in [-0.1, -0.05) is 18.2 Å². The van der Waals surface area contributed by atoms with Crippen molar-refractivity contribution in [2.45, 2.75) is 19.4 Å². The van der Waals surface area contributed by atoms with Crippen LogP contribution in [0.3, 0.4) is 0 Å². The molecule has 2 aromatic carbocycles. The number of aryl methyl sites for hydroxylation is 1. The van der Waals surface area contributed by atoms with Gasteiger partial charge in [0.05, 0.1) is 4.92 Å². The average Bonchev–Trinajstić information content (AvgIpc) is 2.94. The molecule has 2 aromatic rings. The highest BCUT2D eigenvalue weighted by atomic mass is 16.6. The molecule has 0 atom stereocenters. The fraction of sp³-hybridized carbons (Fsp3) is 0.176. The van der Waals surface area contributed by atoms with E-state index in [4.69, 9.17) is 0 Å². The van der Waals surface area contributed by atoms with Crippen LogP contribution >= 0.6 is 0 Å². The van der Waals surface area contributed by atoms with E-state index in [2.05, 4.69) is 10.6 Å². The number of hydrogen-bond donors (Lipinski definition) is 2. The van der Waals surface area contributed by atoms with Crippen LogP contribution in [0.2, 0.25) is 0 Å². The Bertz CT molecular complexity index is 832. The lowest BCUT2D eigenvalue weighted by atomic mass is 10.1. The molecule has 1 aliphatic rings. The Morgan fingerprint density at radius 2 is 2.08 bits per heavy atom. The molecule has 0 aromatic heterocycles. The maximum absolute atomic E-state index is 12.0. The number of nitro benzene ring substituents is 1. The van der Waals surface area contributed by atoms with Gasteiger partial charge >= 0.3 is 0 Å². The highest BCUT2D eigenvalue weighted by Crippen LogP contribution is 2.20. The Balaban J connectivity index is 1.60. The van der Waals surface area contributed by atoms with Crippen molar-refractivity contribution >= 4 is 23.2 Å². The smallest absolute Gasteiger partial charge is 0.269 e. The lowest BCUT2D eigenvalue weighted by Crippen LogP contribution is -2.14. The van der Waals surface area contributed by atoms with Gasteiger partial charge in [0, 0.05) is 36.3 Å². The zero-order valence-corrected chi connectivity index (χ0v) is 12.7. The minimum atomic E-state index is -0.459. The monoisotopic (exact) mass is 325 g/mol. The number of hydrogen-bond acceptors (Lipinski definition) is 4. The third-order valence-electron chi connectivity index (χ3n) is 3.84. The fourth-order valence-electron chi connectivity index (χ4n) is 2.60. The molecule has 7 nitrogen and oxygen atoms in total. The Hall–Kier alpha value is -3.22. The lowest BCUT2D eigenvalue weighted by Gasteiger charge is -2.07. The van der Waals surface area contributed by atoms with E-state index in [1.165, 1.54) is 12.1 Å². The molecular formula is C17H15N3O4. The number of carbonyl (C=O) groups is 2. The quantitative estimate of drug-likeness (QED) is 0.651. The third kappa shape index (κ3) is 3.40. The molecule has 0 spiro atoms. The van der Waals surface area contributed by atoms with E-state index in [0.717, 1.165) is 11.1 Å². The molecule has 0 bridgehead atoms. The molecule has 1 heterocycles. The number of nitro groups is 1. The maximum atomic E-state index is 12.0. The van der Waals surface area contributed by atoms with E-state index in [1.807, 2.05) is 6.07 Å². The van der Waals surface area contributed by atoms with Crippen molar-refractivity contribution < 1.29 is 14.5 Å². The van der Waals surface area contributed by atoms with E-state index in [1.54, 1.807) is 24.3 Å². The normalized spacial score (nSPS) is 12.4. The molecule has 24 heavy (non-hydrogen) atoms. The van der Waals surface area contributed by atoms with Crippen molar-refractivity contribution in [2.75, 3.05) is 5.32 Å². The molecule has 0 fully saturated rings. The maximum Gasteiger partial charge on any atom is 0.269 e. The van der Waals surface area contributed by atoms with Crippen LogP contribution in [0, 0.1) is 10.1 Å². The van der Waals surface area contributed by atoms with Gasteiger partial charge in [-0.05, 0) is 29.7 Å². The second kappa shape index (κ2) is 6.49. The molecule has 0 aliphatic carbocycles. The van der Waals surface area contributed by atoms with E-state index in [0.29, 0.717) is 24.2 Å². The summed E-state index contributed by atoms with van der Waals surface area (Å²) in [6, 6.07) is 11.5. The van der Waals surface area contributed by atoms with Crippen molar-refractivity contribution in [1.82, 2.24) is 5.32 Å². The Morgan fingerprint density at radius 1 is 1.25 bits per heavy atom. The van der Waals surface area contributed by atoms with Crippen LogP contribution < -0.4 is 10.6 Å². The number of nitrogens with one attached hydrogen (secondary N) is 2. The molecule has 2 amide bonds. The summed E-state index contributed by atoms with van der Waals surface area (Å²) < 4.78 is 0.